The molecule has 0 aromatic heterocycles. The third kappa shape index (κ3) is 3.79. The molecular formula is C15H23FN2. The van der Waals surface area contributed by atoms with E-state index in [4.69, 9.17) is 0 Å². The van der Waals surface area contributed by atoms with Gasteiger partial charge in [0, 0.05) is 18.6 Å². The molecule has 1 aliphatic rings. The minimum atomic E-state index is -0.149. The highest BCUT2D eigenvalue weighted by Gasteiger charge is 2.20. The molecule has 1 aliphatic heterocycles. The van der Waals surface area contributed by atoms with Gasteiger partial charge in [-0.25, -0.2) is 4.39 Å². The Bertz CT molecular complexity index is 371. The van der Waals surface area contributed by atoms with Crippen molar-refractivity contribution in [2.24, 2.45) is 0 Å². The first kappa shape index (κ1) is 13.5. The molecule has 1 aromatic carbocycles. The zero-order valence-electron chi connectivity index (χ0n) is 11.3. The summed E-state index contributed by atoms with van der Waals surface area (Å²) in [5.74, 6) is -0.149. The first-order valence-electron chi connectivity index (χ1n) is 6.87. The highest BCUT2D eigenvalue weighted by molar-refractivity contribution is 5.16. The van der Waals surface area contributed by atoms with Crippen LogP contribution in [0.4, 0.5) is 4.39 Å². The first-order chi connectivity index (χ1) is 8.65. The highest BCUT2D eigenvalue weighted by Crippen LogP contribution is 2.13. The maximum Gasteiger partial charge on any atom is 0.123 e. The van der Waals surface area contributed by atoms with E-state index in [1.165, 1.54) is 32.0 Å². The standard InChI is InChI=1S/C15H23FN2/c1-12(2)18-8-6-15(7-9-18)17-11-13-4-3-5-14(16)10-13/h3-5,10,12,15,17H,6-9,11H2,1-2H3. The Morgan fingerprint density at radius 2 is 2.06 bits per heavy atom. The molecule has 0 aliphatic carbocycles. The summed E-state index contributed by atoms with van der Waals surface area (Å²) in [6.07, 6.45) is 2.38. The van der Waals surface area contributed by atoms with Crippen LogP contribution in [0.3, 0.4) is 0 Å². The van der Waals surface area contributed by atoms with Gasteiger partial charge in [0.25, 0.3) is 0 Å². The second-order valence-electron chi connectivity index (χ2n) is 5.41. The van der Waals surface area contributed by atoms with Crippen molar-refractivity contribution in [1.82, 2.24) is 10.2 Å². The van der Waals surface area contributed by atoms with E-state index in [0.717, 1.165) is 12.1 Å². The van der Waals surface area contributed by atoms with Crippen LogP contribution < -0.4 is 5.32 Å². The largest absolute Gasteiger partial charge is 0.310 e. The average Bonchev–Trinajstić information content (AvgIpc) is 2.37. The fraction of sp³-hybridized carbons (Fsp3) is 0.600. The molecule has 0 radical (unpaired) electrons. The Kier molecular flexibility index (Phi) is 4.72. The van der Waals surface area contributed by atoms with E-state index in [1.807, 2.05) is 6.07 Å². The molecule has 0 saturated carbocycles. The monoisotopic (exact) mass is 250 g/mol. The molecular weight excluding hydrogens is 227 g/mol. The molecule has 0 spiro atoms. The predicted molar refractivity (Wildman–Crippen MR) is 73.0 cm³/mol. The van der Waals surface area contributed by atoms with Crippen LogP contribution in [0.25, 0.3) is 0 Å². The van der Waals surface area contributed by atoms with E-state index in [-0.39, 0.29) is 5.82 Å². The molecule has 100 valence electrons. The molecule has 1 saturated heterocycles. The summed E-state index contributed by atoms with van der Waals surface area (Å²) in [5, 5.41) is 3.53. The van der Waals surface area contributed by atoms with Gasteiger partial charge in [0.2, 0.25) is 0 Å². The van der Waals surface area contributed by atoms with Gasteiger partial charge in [-0.2, -0.15) is 0 Å². The van der Waals surface area contributed by atoms with Crippen LogP contribution in [0.2, 0.25) is 0 Å². The van der Waals surface area contributed by atoms with Gasteiger partial charge in [-0.1, -0.05) is 12.1 Å². The lowest BCUT2D eigenvalue weighted by Gasteiger charge is -2.35. The molecule has 2 rings (SSSR count). The van der Waals surface area contributed by atoms with E-state index < -0.39 is 0 Å². The SMILES string of the molecule is CC(C)N1CCC(NCc2cccc(F)c2)CC1. The van der Waals surface area contributed by atoms with Crippen molar-refractivity contribution in [3.8, 4) is 0 Å². The number of hydrogen-bond donors (Lipinski definition) is 1. The maximum absolute atomic E-state index is 13.0. The summed E-state index contributed by atoms with van der Waals surface area (Å²) in [6, 6.07) is 8.06. The lowest BCUT2D eigenvalue weighted by Crippen LogP contribution is -2.44. The predicted octanol–water partition coefficient (Wildman–Crippen LogP) is 2.79. The van der Waals surface area contributed by atoms with Crippen LogP contribution >= 0.6 is 0 Å². The molecule has 0 atom stereocenters. The minimum absolute atomic E-state index is 0.149. The van der Waals surface area contributed by atoms with Gasteiger partial charge >= 0.3 is 0 Å². The Balaban J connectivity index is 1.75. The molecule has 0 amide bonds. The minimum Gasteiger partial charge on any atom is -0.310 e. The lowest BCUT2D eigenvalue weighted by atomic mass is 10.0. The van der Waals surface area contributed by atoms with Gasteiger partial charge in [-0.3, -0.25) is 0 Å². The maximum atomic E-state index is 13.0. The van der Waals surface area contributed by atoms with Crippen molar-refractivity contribution in [2.75, 3.05) is 13.1 Å². The summed E-state index contributed by atoms with van der Waals surface area (Å²) in [7, 11) is 0. The number of benzene rings is 1. The summed E-state index contributed by atoms with van der Waals surface area (Å²) in [4.78, 5) is 2.51. The molecule has 3 heteroatoms. The second-order valence-corrected chi connectivity index (χ2v) is 5.41. The van der Waals surface area contributed by atoms with Crippen LogP contribution in [0, 0.1) is 5.82 Å². The van der Waals surface area contributed by atoms with Crippen LogP contribution in [0.1, 0.15) is 32.3 Å². The molecule has 1 fully saturated rings. The molecule has 0 bridgehead atoms. The topological polar surface area (TPSA) is 15.3 Å². The van der Waals surface area contributed by atoms with Crippen molar-refractivity contribution < 1.29 is 4.39 Å². The molecule has 1 N–H and O–H groups in total. The zero-order chi connectivity index (χ0) is 13.0. The Labute approximate surface area is 109 Å². The van der Waals surface area contributed by atoms with Crippen LogP contribution in [-0.4, -0.2) is 30.1 Å². The Morgan fingerprint density at radius 1 is 1.33 bits per heavy atom. The number of rotatable bonds is 4. The van der Waals surface area contributed by atoms with Crippen LogP contribution in [0.5, 0.6) is 0 Å². The van der Waals surface area contributed by atoms with E-state index in [9.17, 15) is 4.39 Å². The summed E-state index contributed by atoms with van der Waals surface area (Å²) >= 11 is 0. The van der Waals surface area contributed by atoms with Gasteiger partial charge in [-0.05, 0) is 57.5 Å². The van der Waals surface area contributed by atoms with Crippen molar-refractivity contribution in [3.05, 3.63) is 35.6 Å². The first-order valence-corrected chi connectivity index (χ1v) is 6.87. The fourth-order valence-corrected chi connectivity index (χ4v) is 2.53. The number of halogens is 1. The quantitative estimate of drug-likeness (QED) is 0.884. The van der Waals surface area contributed by atoms with Crippen molar-refractivity contribution in [1.29, 1.82) is 0 Å². The van der Waals surface area contributed by atoms with E-state index in [1.54, 1.807) is 12.1 Å². The number of piperidine rings is 1. The molecule has 18 heavy (non-hydrogen) atoms. The Hall–Kier alpha value is -0.930. The van der Waals surface area contributed by atoms with Gasteiger partial charge in [0.15, 0.2) is 0 Å². The van der Waals surface area contributed by atoms with E-state index in [2.05, 4.69) is 24.1 Å². The average molecular weight is 250 g/mol. The van der Waals surface area contributed by atoms with Crippen LogP contribution in [0.15, 0.2) is 24.3 Å². The third-order valence-electron chi connectivity index (χ3n) is 3.74. The smallest absolute Gasteiger partial charge is 0.123 e. The number of hydrogen-bond acceptors (Lipinski definition) is 2. The second kappa shape index (κ2) is 6.30. The fourth-order valence-electron chi connectivity index (χ4n) is 2.53. The van der Waals surface area contributed by atoms with Gasteiger partial charge < -0.3 is 10.2 Å². The van der Waals surface area contributed by atoms with E-state index >= 15 is 0 Å². The molecule has 1 aromatic rings. The molecule has 0 unspecified atom stereocenters. The number of nitrogens with zero attached hydrogens (tertiary/aromatic N) is 1. The number of nitrogens with one attached hydrogen (secondary N) is 1. The third-order valence-corrected chi connectivity index (χ3v) is 3.74. The van der Waals surface area contributed by atoms with Crippen LogP contribution in [-0.2, 0) is 6.54 Å². The summed E-state index contributed by atoms with van der Waals surface area (Å²) in [6.45, 7) is 7.60. The molecule has 1 heterocycles. The zero-order valence-corrected chi connectivity index (χ0v) is 11.3. The molecule has 2 nitrogen and oxygen atoms in total. The number of likely N-dealkylation sites (tertiary alicyclic amines) is 1. The van der Waals surface area contributed by atoms with Gasteiger partial charge in [-0.15, -0.1) is 0 Å². The van der Waals surface area contributed by atoms with Crippen molar-refractivity contribution >= 4 is 0 Å². The van der Waals surface area contributed by atoms with Gasteiger partial charge in [0.05, 0.1) is 0 Å². The summed E-state index contributed by atoms with van der Waals surface area (Å²) < 4.78 is 13.0. The highest BCUT2D eigenvalue weighted by atomic mass is 19.1. The normalized spacial score (nSPS) is 18.4. The lowest BCUT2D eigenvalue weighted by molar-refractivity contribution is 0.161. The summed E-state index contributed by atoms with van der Waals surface area (Å²) in [5.41, 5.74) is 1.03. The van der Waals surface area contributed by atoms with Crippen molar-refractivity contribution in [2.45, 2.75) is 45.3 Å². The van der Waals surface area contributed by atoms with Crippen molar-refractivity contribution in [3.63, 3.8) is 0 Å². The Morgan fingerprint density at radius 3 is 2.67 bits per heavy atom. The van der Waals surface area contributed by atoms with Gasteiger partial charge in [0.1, 0.15) is 5.82 Å². The van der Waals surface area contributed by atoms with E-state index in [0.29, 0.717) is 12.1 Å².